The lowest BCUT2D eigenvalue weighted by atomic mass is 10.1. The van der Waals surface area contributed by atoms with Gasteiger partial charge in [-0.1, -0.05) is 23.4 Å². The third-order valence-electron chi connectivity index (χ3n) is 2.04. The van der Waals surface area contributed by atoms with Crippen LogP contribution in [0.25, 0.3) is 0 Å². The molecule has 2 rings (SSSR count). The number of hydrogen-bond donors (Lipinski definition) is 2. The summed E-state index contributed by atoms with van der Waals surface area (Å²) in [4.78, 5) is 5.17. The Morgan fingerprint density at radius 1 is 1.44 bits per heavy atom. The minimum Gasteiger partial charge on any atom is -0.330 e. The molecule has 0 spiro atoms. The second kappa shape index (κ2) is 5.34. The normalized spacial score (nSPS) is 10.6. The zero-order valence-electron chi connectivity index (χ0n) is 8.48. The standard InChI is InChI=1S/C10H11ClN4S/c11-8-1-2-9(7(5-8)3-4-12)16-10-13-6-14-15-10/h1-2,5-6H,3-4,12H2,(H,13,14,15). The first-order valence-electron chi connectivity index (χ1n) is 4.81. The molecule has 0 aliphatic heterocycles. The number of rotatable bonds is 4. The van der Waals surface area contributed by atoms with E-state index in [-0.39, 0.29) is 0 Å². The maximum atomic E-state index is 5.95. The molecule has 4 nitrogen and oxygen atoms in total. The van der Waals surface area contributed by atoms with Crippen molar-refractivity contribution < 1.29 is 0 Å². The first-order chi connectivity index (χ1) is 7.79. The van der Waals surface area contributed by atoms with Crippen molar-refractivity contribution in [2.75, 3.05) is 6.54 Å². The van der Waals surface area contributed by atoms with Gasteiger partial charge in [0, 0.05) is 9.92 Å². The van der Waals surface area contributed by atoms with Gasteiger partial charge in [0.2, 0.25) is 0 Å². The first kappa shape index (κ1) is 11.4. The molecule has 6 heteroatoms. The molecule has 0 bridgehead atoms. The minimum atomic E-state index is 0.601. The van der Waals surface area contributed by atoms with Crippen LogP contribution in [-0.4, -0.2) is 21.7 Å². The van der Waals surface area contributed by atoms with E-state index in [1.807, 2.05) is 18.2 Å². The van der Waals surface area contributed by atoms with Crippen LogP contribution < -0.4 is 5.73 Å². The summed E-state index contributed by atoms with van der Waals surface area (Å²) in [5, 5.41) is 8.10. The van der Waals surface area contributed by atoms with E-state index >= 15 is 0 Å². The smallest absolute Gasteiger partial charge is 0.188 e. The predicted octanol–water partition coefficient (Wildman–Crippen LogP) is 2.11. The van der Waals surface area contributed by atoms with E-state index in [2.05, 4.69) is 15.2 Å². The van der Waals surface area contributed by atoms with Gasteiger partial charge in [0.1, 0.15) is 6.33 Å². The second-order valence-electron chi connectivity index (χ2n) is 3.18. The second-order valence-corrected chi connectivity index (χ2v) is 4.65. The Morgan fingerprint density at radius 2 is 2.31 bits per heavy atom. The number of nitrogens with one attached hydrogen (secondary N) is 1. The summed E-state index contributed by atoms with van der Waals surface area (Å²) in [5.41, 5.74) is 6.70. The fourth-order valence-electron chi connectivity index (χ4n) is 1.35. The summed E-state index contributed by atoms with van der Waals surface area (Å²) < 4.78 is 0. The highest BCUT2D eigenvalue weighted by molar-refractivity contribution is 7.99. The van der Waals surface area contributed by atoms with Crippen molar-refractivity contribution in [3.63, 3.8) is 0 Å². The van der Waals surface area contributed by atoms with E-state index in [0.29, 0.717) is 6.54 Å². The van der Waals surface area contributed by atoms with E-state index in [1.54, 1.807) is 0 Å². The van der Waals surface area contributed by atoms with E-state index < -0.39 is 0 Å². The highest BCUT2D eigenvalue weighted by Gasteiger charge is 2.06. The molecule has 1 aromatic carbocycles. The molecule has 0 saturated carbocycles. The number of aromatic amines is 1. The molecule has 84 valence electrons. The summed E-state index contributed by atoms with van der Waals surface area (Å²) in [5.74, 6) is 0. The summed E-state index contributed by atoms with van der Waals surface area (Å²) in [7, 11) is 0. The number of nitrogens with two attached hydrogens (primary N) is 1. The molecule has 0 amide bonds. The van der Waals surface area contributed by atoms with Gasteiger partial charge < -0.3 is 5.73 Å². The van der Waals surface area contributed by atoms with Crippen LogP contribution in [0.5, 0.6) is 0 Å². The van der Waals surface area contributed by atoms with Crippen LogP contribution in [0.2, 0.25) is 5.02 Å². The van der Waals surface area contributed by atoms with Crippen LogP contribution in [0.3, 0.4) is 0 Å². The van der Waals surface area contributed by atoms with E-state index in [9.17, 15) is 0 Å². The highest BCUT2D eigenvalue weighted by Crippen LogP contribution is 2.29. The van der Waals surface area contributed by atoms with Crippen LogP contribution in [0.1, 0.15) is 5.56 Å². The summed E-state index contributed by atoms with van der Waals surface area (Å²) >= 11 is 7.47. The van der Waals surface area contributed by atoms with Crippen molar-refractivity contribution in [2.24, 2.45) is 5.73 Å². The predicted molar refractivity (Wildman–Crippen MR) is 64.7 cm³/mol. The SMILES string of the molecule is NCCc1cc(Cl)ccc1Sc1ncn[nH]1. The third kappa shape index (κ3) is 2.75. The van der Waals surface area contributed by atoms with E-state index in [0.717, 1.165) is 27.1 Å². The van der Waals surface area contributed by atoms with Gasteiger partial charge in [-0.3, -0.25) is 5.10 Å². The highest BCUT2D eigenvalue weighted by atomic mass is 35.5. The zero-order chi connectivity index (χ0) is 11.4. The van der Waals surface area contributed by atoms with Crippen LogP contribution in [0.4, 0.5) is 0 Å². The molecule has 0 saturated heterocycles. The molecule has 1 heterocycles. The van der Waals surface area contributed by atoms with Gasteiger partial charge in [-0.15, -0.1) is 0 Å². The summed E-state index contributed by atoms with van der Waals surface area (Å²) in [6.45, 7) is 0.601. The lowest BCUT2D eigenvalue weighted by Gasteiger charge is -2.06. The lowest BCUT2D eigenvalue weighted by Crippen LogP contribution is -2.03. The van der Waals surface area contributed by atoms with Gasteiger partial charge in [-0.05, 0) is 36.7 Å². The lowest BCUT2D eigenvalue weighted by molar-refractivity contribution is 0.937. The quantitative estimate of drug-likeness (QED) is 0.877. The molecule has 0 unspecified atom stereocenters. The Bertz CT molecular complexity index is 458. The maximum absolute atomic E-state index is 5.95. The number of hydrogen-bond acceptors (Lipinski definition) is 4. The average molecular weight is 255 g/mol. The van der Waals surface area contributed by atoms with Crippen molar-refractivity contribution >= 4 is 23.4 Å². The molecule has 2 aromatic rings. The number of aromatic nitrogens is 3. The molecule has 3 N–H and O–H groups in total. The molecule has 0 atom stereocenters. The molecule has 16 heavy (non-hydrogen) atoms. The van der Waals surface area contributed by atoms with Gasteiger partial charge in [0.25, 0.3) is 0 Å². The van der Waals surface area contributed by atoms with Gasteiger partial charge in [0.15, 0.2) is 5.16 Å². The number of nitrogens with zero attached hydrogens (tertiary/aromatic N) is 2. The Hall–Kier alpha value is -1.04. The fraction of sp³-hybridized carbons (Fsp3) is 0.200. The Balaban J connectivity index is 2.25. The first-order valence-corrected chi connectivity index (χ1v) is 6.01. The zero-order valence-corrected chi connectivity index (χ0v) is 10.1. The number of H-pyrrole nitrogens is 1. The molecule has 0 radical (unpaired) electrons. The molecule has 0 aliphatic carbocycles. The number of halogens is 1. The Morgan fingerprint density at radius 3 is 3.00 bits per heavy atom. The van der Waals surface area contributed by atoms with Crippen molar-refractivity contribution in [3.05, 3.63) is 35.1 Å². The largest absolute Gasteiger partial charge is 0.330 e. The summed E-state index contributed by atoms with van der Waals surface area (Å²) in [6.07, 6.45) is 2.29. The van der Waals surface area contributed by atoms with Crippen molar-refractivity contribution in [3.8, 4) is 0 Å². The maximum Gasteiger partial charge on any atom is 0.188 e. The molecule has 0 fully saturated rings. The van der Waals surface area contributed by atoms with E-state index in [4.69, 9.17) is 17.3 Å². The monoisotopic (exact) mass is 254 g/mol. The molecular formula is C10H11ClN4S. The topological polar surface area (TPSA) is 67.6 Å². The molecular weight excluding hydrogens is 244 g/mol. The van der Waals surface area contributed by atoms with Crippen LogP contribution >= 0.6 is 23.4 Å². The third-order valence-corrected chi connectivity index (χ3v) is 3.28. The van der Waals surface area contributed by atoms with Gasteiger partial charge in [0.05, 0.1) is 0 Å². The van der Waals surface area contributed by atoms with Crippen molar-refractivity contribution in [2.45, 2.75) is 16.5 Å². The Kier molecular flexibility index (Phi) is 3.82. The van der Waals surface area contributed by atoms with E-state index in [1.165, 1.54) is 18.1 Å². The number of benzene rings is 1. The average Bonchev–Trinajstić information content (AvgIpc) is 2.75. The molecule has 0 aliphatic rings. The van der Waals surface area contributed by atoms with Crippen LogP contribution in [0, 0.1) is 0 Å². The van der Waals surface area contributed by atoms with Gasteiger partial charge in [-0.25, -0.2) is 4.98 Å². The Labute approximate surface area is 103 Å². The van der Waals surface area contributed by atoms with Gasteiger partial charge in [-0.2, -0.15) is 5.10 Å². The fourth-order valence-corrected chi connectivity index (χ4v) is 2.38. The minimum absolute atomic E-state index is 0.601. The van der Waals surface area contributed by atoms with Crippen molar-refractivity contribution in [1.82, 2.24) is 15.2 Å². The molecule has 1 aromatic heterocycles. The van der Waals surface area contributed by atoms with Crippen LogP contribution in [0.15, 0.2) is 34.6 Å². The summed E-state index contributed by atoms with van der Waals surface area (Å²) in [6, 6.07) is 5.77. The van der Waals surface area contributed by atoms with Gasteiger partial charge >= 0.3 is 0 Å². The van der Waals surface area contributed by atoms with Crippen molar-refractivity contribution in [1.29, 1.82) is 0 Å². The van der Waals surface area contributed by atoms with Crippen LogP contribution in [-0.2, 0) is 6.42 Å².